The van der Waals surface area contributed by atoms with Crippen molar-refractivity contribution in [1.82, 2.24) is 0 Å². The van der Waals surface area contributed by atoms with Gasteiger partial charge in [-0.25, -0.2) is 4.79 Å². The predicted molar refractivity (Wildman–Crippen MR) is 83.1 cm³/mol. The second kappa shape index (κ2) is 5.82. The maximum absolute atomic E-state index is 12.1. The normalized spacial score (nSPS) is 11.1. The van der Waals surface area contributed by atoms with Crippen molar-refractivity contribution < 1.29 is 9.53 Å². The van der Waals surface area contributed by atoms with Gasteiger partial charge in [-0.1, -0.05) is 15.9 Å². The summed E-state index contributed by atoms with van der Waals surface area (Å²) in [4.78, 5) is 15.6. The van der Waals surface area contributed by atoms with Crippen molar-refractivity contribution in [1.29, 1.82) is 0 Å². The molecule has 4 nitrogen and oxygen atoms in total. The Kier molecular flexibility index (Phi) is 4.85. The summed E-state index contributed by atoms with van der Waals surface area (Å²) in [5, 5.41) is 0. The number of benzene rings is 1. The van der Waals surface area contributed by atoms with Crippen LogP contribution in [0.1, 0.15) is 20.8 Å². The first-order valence-electron chi connectivity index (χ1n) is 6.05. The molecular weight excluding hydrogens is 308 g/mol. The van der Waals surface area contributed by atoms with E-state index in [0.29, 0.717) is 0 Å². The van der Waals surface area contributed by atoms with Crippen LogP contribution in [-0.4, -0.2) is 32.8 Å². The minimum atomic E-state index is -0.504. The largest absolute Gasteiger partial charge is 0.443 e. The minimum absolute atomic E-state index is 0.367. The van der Waals surface area contributed by atoms with Crippen molar-refractivity contribution in [3.8, 4) is 0 Å². The van der Waals surface area contributed by atoms with E-state index in [1.807, 2.05) is 58.0 Å². The van der Waals surface area contributed by atoms with E-state index in [1.165, 1.54) is 4.90 Å². The molecule has 0 saturated carbocycles. The number of ether oxygens (including phenoxy) is 1. The Morgan fingerprint density at radius 2 is 1.74 bits per heavy atom. The smallest absolute Gasteiger partial charge is 0.414 e. The number of hydrogen-bond donors (Lipinski definition) is 0. The molecule has 1 rings (SSSR count). The van der Waals surface area contributed by atoms with Crippen LogP contribution >= 0.6 is 15.9 Å². The second-order valence-electron chi connectivity index (χ2n) is 5.57. The average Bonchev–Trinajstić information content (AvgIpc) is 2.25. The van der Waals surface area contributed by atoms with E-state index in [9.17, 15) is 4.79 Å². The molecule has 0 aliphatic carbocycles. The number of nitrogens with zero attached hydrogens (tertiary/aromatic N) is 2. The maximum atomic E-state index is 12.1. The van der Waals surface area contributed by atoms with Crippen LogP contribution in [-0.2, 0) is 4.74 Å². The number of rotatable bonds is 2. The molecule has 19 heavy (non-hydrogen) atoms. The monoisotopic (exact) mass is 328 g/mol. The van der Waals surface area contributed by atoms with Crippen LogP contribution in [0.5, 0.6) is 0 Å². The Morgan fingerprint density at radius 3 is 2.21 bits per heavy atom. The van der Waals surface area contributed by atoms with E-state index in [-0.39, 0.29) is 6.09 Å². The van der Waals surface area contributed by atoms with Gasteiger partial charge in [-0.05, 0) is 39.0 Å². The highest BCUT2D eigenvalue weighted by Gasteiger charge is 2.22. The van der Waals surface area contributed by atoms with Crippen molar-refractivity contribution in [3.63, 3.8) is 0 Å². The molecule has 5 heteroatoms. The highest BCUT2D eigenvalue weighted by atomic mass is 79.9. The zero-order valence-electron chi connectivity index (χ0n) is 12.3. The van der Waals surface area contributed by atoms with Crippen molar-refractivity contribution in [3.05, 3.63) is 22.7 Å². The fraction of sp³-hybridized carbons (Fsp3) is 0.500. The fourth-order valence-corrected chi connectivity index (χ4v) is 1.92. The second-order valence-corrected chi connectivity index (χ2v) is 6.48. The summed E-state index contributed by atoms with van der Waals surface area (Å²) < 4.78 is 6.30. The van der Waals surface area contributed by atoms with Crippen LogP contribution in [0.25, 0.3) is 0 Å². The summed E-state index contributed by atoms with van der Waals surface area (Å²) in [6.07, 6.45) is -0.367. The lowest BCUT2D eigenvalue weighted by Gasteiger charge is -2.27. The summed E-state index contributed by atoms with van der Waals surface area (Å²) >= 11 is 3.43. The molecule has 0 bridgehead atoms. The average molecular weight is 329 g/mol. The first-order chi connectivity index (χ1) is 8.61. The van der Waals surface area contributed by atoms with Crippen LogP contribution in [0.2, 0.25) is 0 Å². The highest BCUT2D eigenvalue weighted by molar-refractivity contribution is 9.10. The first-order valence-corrected chi connectivity index (χ1v) is 6.84. The molecule has 0 aliphatic heterocycles. The summed E-state index contributed by atoms with van der Waals surface area (Å²) in [6.45, 7) is 5.56. The molecule has 106 valence electrons. The van der Waals surface area contributed by atoms with E-state index in [2.05, 4.69) is 15.9 Å². The van der Waals surface area contributed by atoms with E-state index in [1.54, 1.807) is 7.05 Å². The summed E-state index contributed by atoms with van der Waals surface area (Å²) in [5.74, 6) is 0. The molecule has 1 amide bonds. The Bertz CT molecular complexity index is 467. The number of anilines is 2. The molecule has 0 heterocycles. The number of hydrogen-bond acceptors (Lipinski definition) is 3. The maximum Gasteiger partial charge on any atom is 0.414 e. The minimum Gasteiger partial charge on any atom is -0.443 e. The quantitative estimate of drug-likeness (QED) is 0.825. The molecule has 0 saturated heterocycles. The molecule has 0 aliphatic rings. The van der Waals surface area contributed by atoms with Crippen LogP contribution < -0.4 is 9.80 Å². The number of carbonyl (C=O) groups is 1. The third kappa shape index (κ3) is 4.42. The zero-order chi connectivity index (χ0) is 14.8. The zero-order valence-corrected chi connectivity index (χ0v) is 13.9. The van der Waals surface area contributed by atoms with Gasteiger partial charge in [0, 0.05) is 25.6 Å². The summed E-state index contributed by atoms with van der Waals surface area (Å²) in [5.41, 5.74) is 1.25. The van der Waals surface area contributed by atoms with Gasteiger partial charge >= 0.3 is 6.09 Å². The standard InChI is InChI=1S/C14H21BrN2O2/c1-14(2,3)19-13(18)17(6)12-9-10(15)7-8-11(12)16(4)5/h7-9H,1-6H3. The molecule has 0 spiro atoms. The van der Waals surface area contributed by atoms with Crippen molar-refractivity contribution >= 4 is 33.4 Å². The van der Waals surface area contributed by atoms with Crippen molar-refractivity contribution in [2.24, 2.45) is 0 Å². The molecule has 0 N–H and O–H groups in total. The van der Waals surface area contributed by atoms with Gasteiger partial charge in [-0.15, -0.1) is 0 Å². The van der Waals surface area contributed by atoms with Gasteiger partial charge in [0.05, 0.1) is 11.4 Å². The Morgan fingerprint density at radius 1 is 1.16 bits per heavy atom. The van der Waals surface area contributed by atoms with Gasteiger partial charge < -0.3 is 9.64 Å². The number of amides is 1. The highest BCUT2D eigenvalue weighted by Crippen LogP contribution is 2.31. The van der Waals surface area contributed by atoms with E-state index >= 15 is 0 Å². The number of halogens is 1. The lowest BCUT2D eigenvalue weighted by molar-refractivity contribution is 0.0589. The van der Waals surface area contributed by atoms with Crippen molar-refractivity contribution in [2.45, 2.75) is 26.4 Å². The van der Waals surface area contributed by atoms with Gasteiger partial charge in [-0.2, -0.15) is 0 Å². The third-order valence-electron chi connectivity index (χ3n) is 2.45. The van der Waals surface area contributed by atoms with Crippen LogP contribution in [0.4, 0.5) is 16.2 Å². The van der Waals surface area contributed by atoms with E-state index in [4.69, 9.17) is 4.74 Å². The molecule has 1 aromatic rings. The molecule has 0 unspecified atom stereocenters. The Hall–Kier alpha value is -1.23. The van der Waals surface area contributed by atoms with Gasteiger partial charge in [0.2, 0.25) is 0 Å². The summed E-state index contributed by atoms with van der Waals surface area (Å²) in [7, 11) is 5.59. The third-order valence-corrected chi connectivity index (χ3v) is 2.94. The first kappa shape index (κ1) is 15.8. The van der Waals surface area contributed by atoms with E-state index in [0.717, 1.165) is 15.8 Å². The van der Waals surface area contributed by atoms with Gasteiger partial charge in [0.15, 0.2) is 0 Å². The van der Waals surface area contributed by atoms with E-state index < -0.39 is 5.60 Å². The lowest BCUT2D eigenvalue weighted by atomic mass is 10.2. The van der Waals surface area contributed by atoms with Crippen molar-refractivity contribution in [2.75, 3.05) is 30.9 Å². The fourth-order valence-electron chi connectivity index (χ4n) is 1.57. The van der Waals surface area contributed by atoms with Gasteiger partial charge in [0.1, 0.15) is 5.60 Å². The molecule has 0 atom stereocenters. The number of carbonyl (C=O) groups excluding carboxylic acids is 1. The molecule has 0 aromatic heterocycles. The Labute approximate surface area is 123 Å². The van der Waals surface area contributed by atoms with Crippen LogP contribution in [0, 0.1) is 0 Å². The molecule has 1 aromatic carbocycles. The van der Waals surface area contributed by atoms with Gasteiger partial charge in [0.25, 0.3) is 0 Å². The molecular formula is C14H21BrN2O2. The van der Waals surface area contributed by atoms with Crippen LogP contribution in [0.15, 0.2) is 22.7 Å². The van der Waals surface area contributed by atoms with Crippen LogP contribution in [0.3, 0.4) is 0 Å². The SMILES string of the molecule is CN(C)c1ccc(Br)cc1N(C)C(=O)OC(C)(C)C. The predicted octanol–water partition coefficient (Wildman–Crippen LogP) is 3.89. The molecule has 0 radical (unpaired) electrons. The Balaban J connectivity index is 3.08. The van der Waals surface area contributed by atoms with Gasteiger partial charge in [-0.3, -0.25) is 4.90 Å². The topological polar surface area (TPSA) is 32.8 Å². The molecule has 0 fully saturated rings. The summed E-state index contributed by atoms with van der Waals surface area (Å²) in [6, 6.07) is 5.81. The lowest BCUT2D eigenvalue weighted by Crippen LogP contribution is -2.34.